The molecule has 0 spiro atoms. The molecule has 0 saturated heterocycles. The molecule has 1 aromatic heterocycles. The van der Waals surface area contributed by atoms with Gasteiger partial charge >= 0.3 is 12.1 Å². The van der Waals surface area contributed by atoms with Gasteiger partial charge in [0.05, 0.1) is 25.0 Å². The molecule has 20 heavy (non-hydrogen) atoms. The third kappa shape index (κ3) is 5.61. The summed E-state index contributed by atoms with van der Waals surface area (Å²) in [6, 6.07) is 2.74. The highest BCUT2D eigenvalue weighted by molar-refractivity contribution is 7.89. The molecule has 1 aromatic rings. The summed E-state index contributed by atoms with van der Waals surface area (Å²) in [4.78, 5) is 10.3. The molecule has 1 heterocycles. The van der Waals surface area contributed by atoms with E-state index in [0.717, 1.165) is 0 Å². The smallest absolute Gasteiger partial charge is 0.402 e. The number of hydrogen-bond donors (Lipinski definition) is 1. The van der Waals surface area contributed by atoms with E-state index in [9.17, 15) is 26.4 Å². The lowest BCUT2D eigenvalue weighted by Crippen LogP contribution is -2.40. The summed E-state index contributed by atoms with van der Waals surface area (Å²) in [7, 11) is -4.35. The van der Waals surface area contributed by atoms with Crippen molar-refractivity contribution in [1.82, 2.24) is 4.31 Å². The molecule has 0 atom stereocenters. The monoisotopic (exact) mass is 315 g/mol. The zero-order valence-corrected chi connectivity index (χ0v) is 10.9. The van der Waals surface area contributed by atoms with Gasteiger partial charge in [-0.25, -0.2) is 8.42 Å². The average molecular weight is 315 g/mol. The third-order valence-electron chi connectivity index (χ3n) is 2.24. The molecular weight excluding hydrogens is 303 g/mol. The van der Waals surface area contributed by atoms with Crippen molar-refractivity contribution in [3.05, 3.63) is 24.2 Å². The van der Waals surface area contributed by atoms with Crippen LogP contribution in [-0.4, -0.2) is 42.3 Å². The second-order valence-corrected chi connectivity index (χ2v) is 6.01. The maximum atomic E-state index is 12.4. The lowest BCUT2D eigenvalue weighted by Gasteiger charge is -2.22. The van der Waals surface area contributed by atoms with Crippen LogP contribution in [0, 0.1) is 0 Å². The maximum Gasteiger partial charge on any atom is 0.402 e. The number of sulfonamides is 1. The Balaban J connectivity index is 2.88. The molecule has 10 heteroatoms. The van der Waals surface area contributed by atoms with Gasteiger partial charge in [-0.2, -0.15) is 17.5 Å². The molecule has 0 aliphatic rings. The van der Waals surface area contributed by atoms with Crippen molar-refractivity contribution in [2.24, 2.45) is 0 Å². The average Bonchev–Trinajstić information content (AvgIpc) is 2.76. The van der Waals surface area contributed by atoms with Crippen LogP contribution >= 0.6 is 0 Å². The van der Waals surface area contributed by atoms with E-state index in [4.69, 9.17) is 9.52 Å². The van der Waals surface area contributed by atoms with E-state index >= 15 is 0 Å². The number of hydrogen-bond acceptors (Lipinski definition) is 4. The molecule has 0 saturated carbocycles. The molecule has 1 N–H and O–H groups in total. The first kappa shape index (κ1) is 16.5. The van der Waals surface area contributed by atoms with E-state index in [2.05, 4.69) is 0 Å². The fraction of sp³-hybridized carbons (Fsp3) is 0.500. The van der Waals surface area contributed by atoms with Crippen molar-refractivity contribution >= 4 is 16.0 Å². The van der Waals surface area contributed by atoms with Crippen LogP contribution in [0.3, 0.4) is 0 Å². The second-order valence-electron chi connectivity index (χ2n) is 3.92. The number of carbonyl (C=O) groups is 1. The molecule has 0 radical (unpaired) electrons. The highest BCUT2D eigenvalue weighted by Crippen LogP contribution is 2.21. The van der Waals surface area contributed by atoms with E-state index in [-0.39, 0.29) is 10.1 Å². The summed E-state index contributed by atoms with van der Waals surface area (Å²) >= 11 is 0. The van der Waals surface area contributed by atoms with Crippen LogP contribution in [0.25, 0.3) is 0 Å². The number of carboxylic acids is 1. The molecule has 114 valence electrons. The highest BCUT2D eigenvalue weighted by atomic mass is 32.2. The fourth-order valence-electron chi connectivity index (χ4n) is 1.37. The van der Waals surface area contributed by atoms with Gasteiger partial charge in [0, 0.05) is 0 Å². The molecule has 0 amide bonds. The van der Waals surface area contributed by atoms with Gasteiger partial charge in [-0.15, -0.1) is 0 Å². The first-order valence-electron chi connectivity index (χ1n) is 5.39. The minimum absolute atomic E-state index is 0.0353. The number of halogens is 3. The highest BCUT2D eigenvalue weighted by Gasteiger charge is 2.36. The van der Waals surface area contributed by atoms with Crippen LogP contribution < -0.4 is 0 Å². The van der Waals surface area contributed by atoms with Crippen LogP contribution in [0.5, 0.6) is 0 Å². The minimum Gasteiger partial charge on any atom is -0.481 e. The summed E-state index contributed by atoms with van der Waals surface area (Å²) in [5, 5.41) is 8.42. The van der Waals surface area contributed by atoms with Crippen molar-refractivity contribution in [1.29, 1.82) is 0 Å². The van der Waals surface area contributed by atoms with Gasteiger partial charge in [0.2, 0.25) is 10.0 Å². The molecule has 0 fully saturated rings. The van der Waals surface area contributed by atoms with Gasteiger partial charge < -0.3 is 9.52 Å². The summed E-state index contributed by atoms with van der Waals surface area (Å²) in [5.41, 5.74) is 0. The Kier molecular flexibility index (Phi) is 5.17. The Morgan fingerprint density at radius 3 is 2.50 bits per heavy atom. The van der Waals surface area contributed by atoms with Crippen LogP contribution in [0.4, 0.5) is 13.2 Å². The first-order chi connectivity index (χ1) is 9.10. The quantitative estimate of drug-likeness (QED) is 0.823. The Morgan fingerprint density at radius 2 is 2.05 bits per heavy atom. The minimum atomic E-state index is -4.73. The number of furan rings is 1. The predicted octanol–water partition coefficient (Wildman–Crippen LogP) is 1.45. The van der Waals surface area contributed by atoms with E-state index < -0.39 is 47.4 Å². The van der Waals surface area contributed by atoms with Gasteiger partial charge in [-0.1, -0.05) is 0 Å². The van der Waals surface area contributed by atoms with Crippen LogP contribution in [-0.2, 0) is 21.4 Å². The van der Waals surface area contributed by atoms with Crippen molar-refractivity contribution in [2.45, 2.75) is 19.1 Å². The first-order valence-corrected chi connectivity index (χ1v) is 7.00. The van der Waals surface area contributed by atoms with Crippen molar-refractivity contribution < 1.29 is 35.9 Å². The van der Waals surface area contributed by atoms with Gasteiger partial charge in [0.1, 0.15) is 12.3 Å². The standard InChI is InChI=1S/C10H12F3NO5S/c11-10(12,13)7-14(6-8-2-1-4-19-8)20(17,18)5-3-9(15)16/h1-2,4H,3,5-7H2,(H,15,16). The normalized spacial score (nSPS) is 12.8. The van der Waals surface area contributed by atoms with Gasteiger partial charge in [0.15, 0.2) is 0 Å². The molecule has 0 aromatic carbocycles. The number of aliphatic carboxylic acids is 1. The molecular formula is C10H12F3NO5S. The maximum absolute atomic E-state index is 12.4. The number of carboxylic acid groups (broad SMARTS) is 1. The van der Waals surface area contributed by atoms with Crippen molar-refractivity contribution in [3.63, 3.8) is 0 Å². The summed E-state index contributed by atoms with van der Waals surface area (Å²) < 4.78 is 65.7. The number of nitrogens with zero attached hydrogens (tertiary/aromatic N) is 1. The molecule has 6 nitrogen and oxygen atoms in total. The second kappa shape index (κ2) is 6.27. The van der Waals surface area contributed by atoms with Gasteiger partial charge in [-0.05, 0) is 12.1 Å². The molecule has 1 rings (SSSR count). The lowest BCUT2D eigenvalue weighted by molar-refractivity contribution is -0.137. The summed E-state index contributed by atoms with van der Waals surface area (Å²) in [5.74, 6) is -2.27. The van der Waals surface area contributed by atoms with Gasteiger partial charge in [0.25, 0.3) is 0 Å². The Labute approximate surface area is 112 Å². The molecule has 0 aliphatic heterocycles. The molecule has 0 unspecified atom stereocenters. The SMILES string of the molecule is O=C(O)CCS(=O)(=O)N(Cc1ccco1)CC(F)(F)F. The topological polar surface area (TPSA) is 87.8 Å². The molecule has 0 bridgehead atoms. The van der Waals surface area contributed by atoms with Crippen LogP contribution in [0.15, 0.2) is 22.8 Å². The largest absolute Gasteiger partial charge is 0.481 e. The zero-order valence-electron chi connectivity index (χ0n) is 10.1. The van der Waals surface area contributed by atoms with Crippen molar-refractivity contribution in [3.8, 4) is 0 Å². The lowest BCUT2D eigenvalue weighted by atomic mass is 10.4. The van der Waals surface area contributed by atoms with Crippen LogP contribution in [0.1, 0.15) is 12.2 Å². The third-order valence-corrected chi connectivity index (χ3v) is 4.00. The van der Waals surface area contributed by atoms with Crippen molar-refractivity contribution in [2.75, 3.05) is 12.3 Å². The van der Waals surface area contributed by atoms with E-state index in [1.807, 2.05) is 0 Å². The van der Waals surface area contributed by atoms with E-state index in [1.54, 1.807) is 0 Å². The van der Waals surface area contributed by atoms with Crippen LogP contribution in [0.2, 0.25) is 0 Å². The summed E-state index contributed by atoms with van der Waals surface area (Å²) in [6.07, 6.45) is -4.30. The van der Waals surface area contributed by atoms with E-state index in [0.29, 0.717) is 0 Å². The fourth-order valence-corrected chi connectivity index (χ4v) is 2.73. The Morgan fingerprint density at radius 1 is 1.40 bits per heavy atom. The Bertz CT molecular complexity index is 538. The summed E-state index contributed by atoms with van der Waals surface area (Å²) in [6.45, 7) is -2.30. The zero-order chi connectivity index (χ0) is 15.4. The Hall–Kier alpha value is -1.55. The predicted molar refractivity (Wildman–Crippen MR) is 61.2 cm³/mol. The van der Waals surface area contributed by atoms with E-state index in [1.165, 1.54) is 18.4 Å². The number of alkyl halides is 3. The number of rotatable bonds is 7. The van der Waals surface area contributed by atoms with Gasteiger partial charge in [-0.3, -0.25) is 4.79 Å². The molecule has 0 aliphatic carbocycles.